The minimum absolute atomic E-state index is 0.0380. The molecule has 0 spiro atoms. The lowest BCUT2D eigenvalue weighted by Crippen LogP contribution is -2.44. The first kappa shape index (κ1) is 25.9. The molecule has 4 rings (SSSR count). The standard InChI is InChI=1S/C27H31FN6O3/c1-27(2,3)37-26(35)34-14-12-18(13-15-34)33-25-22(24(30)31-16-32-25)23(29)17-8-10-19(11-9-17)36-21-7-5-4-6-20(21)28/h4-11,16,18,29H,12-15H2,1-3H3,(H3,30,31,32,33). The van der Waals surface area contributed by atoms with Crippen molar-refractivity contribution in [3.8, 4) is 11.5 Å². The molecule has 0 radical (unpaired) electrons. The predicted octanol–water partition coefficient (Wildman–Crippen LogP) is 5.22. The molecule has 0 bridgehead atoms. The summed E-state index contributed by atoms with van der Waals surface area (Å²) in [6.45, 7) is 6.63. The van der Waals surface area contributed by atoms with Gasteiger partial charge in [0.1, 0.15) is 29.3 Å². The Bertz CT molecular complexity index is 1270. The molecule has 0 aliphatic carbocycles. The number of anilines is 2. The first-order valence-corrected chi connectivity index (χ1v) is 12.1. The highest BCUT2D eigenvalue weighted by Gasteiger charge is 2.28. The van der Waals surface area contributed by atoms with Gasteiger partial charge < -0.3 is 25.4 Å². The molecule has 1 amide bonds. The molecule has 1 aliphatic heterocycles. The number of nitrogen functional groups attached to an aromatic ring is 1. The highest BCUT2D eigenvalue weighted by molar-refractivity contribution is 6.16. The van der Waals surface area contributed by atoms with Crippen LogP contribution in [0.5, 0.6) is 11.5 Å². The Labute approximate surface area is 215 Å². The van der Waals surface area contributed by atoms with E-state index in [4.69, 9.17) is 20.6 Å². The average molecular weight is 507 g/mol. The maximum absolute atomic E-state index is 13.9. The smallest absolute Gasteiger partial charge is 0.410 e. The van der Waals surface area contributed by atoms with Crippen LogP contribution in [0.4, 0.5) is 20.8 Å². The number of piperidine rings is 1. The second-order valence-electron chi connectivity index (χ2n) is 9.80. The van der Waals surface area contributed by atoms with Crippen molar-refractivity contribution < 1.29 is 18.7 Å². The quantitative estimate of drug-likeness (QED) is 0.391. The van der Waals surface area contributed by atoms with Crippen LogP contribution in [0, 0.1) is 11.2 Å². The molecule has 194 valence electrons. The number of hydrogen-bond donors (Lipinski definition) is 3. The highest BCUT2D eigenvalue weighted by atomic mass is 19.1. The summed E-state index contributed by atoms with van der Waals surface area (Å²) in [5.41, 5.74) is 6.73. The molecule has 10 heteroatoms. The normalized spacial score (nSPS) is 14.2. The number of aromatic nitrogens is 2. The molecule has 0 unspecified atom stereocenters. The number of nitrogens with zero attached hydrogens (tertiary/aromatic N) is 3. The minimum atomic E-state index is -0.540. The van der Waals surface area contributed by atoms with Gasteiger partial charge in [-0.1, -0.05) is 12.1 Å². The van der Waals surface area contributed by atoms with Crippen molar-refractivity contribution in [3.63, 3.8) is 0 Å². The second-order valence-corrected chi connectivity index (χ2v) is 9.80. The predicted molar refractivity (Wildman–Crippen MR) is 140 cm³/mol. The summed E-state index contributed by atoms with van der Waals surface area (Å²) >= 11 is 0. The molecule has 1 fully saturated rings. The van der Waals surface area contributed by atoms with E-state index < -0.39 is 11.4 Å². The van der Waals surface area contributed by atoms with E-state index >= 15 is 0 Å². The van der Waals surface area contributed by atoms with E-state index in [-0.39, 0.29) is 29.4 Å². The number of ether oxygens (including phenoxy) is 2. The molecule has 2 heterocycles. The number of rotatable bonds is 6. The number of para-hydroxylation sites is 1. The maximum Gasteiger partial charge on any atom is 0.410 e. The first-order chi connectivity index (χ1) is 17.6. The summed E-state index contributed by atoms with van der Waals surface area (Å²) in [5.74, 6) is 0.741. The number of amides is 1. The fourth-order valence-electron chi connectivity index (χ4n) is 3.97. The van der Waals surface area contributed by atoms with Gasteiger partial charge in [0.2, 0.25) is 0 Å². The topological polar surface area (TPSA) is 126 Å². The van der Waals surface area contributed by atoms with Crippen molar-refractivity contribution in [1.29, 1.82) is 5.41 Å². The molecule has 3 aromatic rings. The van der Waals surface area contributed by atoms with Crippen LogP contribution in [0.1, 0.15) is 44.7 Å². The number of carbonyl (C=O) groups excluding carboxylic acids is 1. The van der Waals surface area contributed by atoms with Crippen LogP contribution in [-0.2, 0) is 4.74 Å². The fourth-order valence-corrected chi connectivity index (χ4v) is 3.97. The first-order valence-electron chi connectivity index (χ1n) is 12.1. The molecular weight excluding hydrogens is 475 g/mol. The summed E-state index contributed by atoms with van der Waals surface area (Å²) < 4.78 is 25.0. The third kappa shape index (κ3) is 6.52. The summed E-state index contributed by atoms with van der Waals surface area (Å²) in [5, 5.41) is 12.2. The Morgan fingerprint density at radius 2 is 1.78 bits per heavy atom. The average Bonchev–Trinajstić information content (AvgIpc) is 2.85. The summed E-state index contributed by atoms with van der Waals surface area (Å²) in [6.07, 6.45) is 2.42. The molecule has 1 aliphatic rings. The fraction of sp³-hybridized carbons (Fsp3) is 0.333. The summed E-state index contributed by atoms with van der Waals surface area (Å²) in [4.78, 5) is 22.5. The number of nitrogens with one attached hydrogen (secondary N) is 2. The Balaban J connectivity index is 1.44. The van der Waals surface area contributed by atoms with Crippen LogP contribution >= 0.6 is 0 Å². The number of nitrogens with two attached hydrogens (primary N) is 1. The van der Waals surface area contributed by atoms with Crippen LogP contribution in [0.3, 0.4) is 0 Å². The third-order valence-corrected chi connectivity index (χ3v) is 5.82. The number of halogens is 1. The molecule has 1 aromatic heterocycles. The molecule has 4 N–H and O–H groups in total. The zero-order valence-corrected chi connectivity index (χ0v) is 21.1. The zero-order chi connectivity index (χ0) is 26.6. The van der Waals surface area contributed by atoms with Crippen LogP contribution in [0.15, 0.2) is 54.9 Å². The number of likely N-dealkylation sites (tertiary alicyclic amines) is 1. The van der Waals surface area contributed by atoms with Crippen LogP contribution in [0.25, 0.3) is 0 Å². The van der Waals surface area contributed by atoms with E-state index in [0.29, 0.717) is 48.6 Å². The SMILES string of the molecule is CC(C)(C)OC(=O)N1CCC(Nc2ncnc(N)c2C(=N)c2ccc(Oc3ccccc3F)cc2)CC1. The van der Waals surface area contributed by atoms with Gasteiger partial charge in [-0.3, -0.25) is 5.41 Å². The third-order valence-electron chi connectivity index (χ3n) is 5.82. The van der Waals surface area contributed by atoms with Crippen molar-refractivity contribution in [2.75, 3.05) is 24.1 Å². The van der Waals surface area contributed by atoms with Crippen molar-refractivity contribution in [3.05, 3.63) is 71.8 Å². The van der Waals surface area contributed by atoms with E-state index in [1.54, 1.807) is 47.4 Å². The Kier molecular flexibility index (Phi) is 7.56. The van der Waals surface area contributed by atoms with E-state index in [2.05, 4.69) is 15.3 Å². The highest BCUT2D eigenvalue weighted by Crippen LogP contribution is 2.28. The van der Waals surface area contributed by atoms with Crippen LogP contribution in [0.2, 0.25) is 0 Å². The molecule has 1 saturated heterocycles. The molecule has 37 heavy (non-hydrogen) atoms. The van der Waals surface area contributed by atoms with Gasteiger partial charge in [0.05, 0.1) is 11.3 Å². The van der Waals surface area contributed by atoms with Crippen LogP contribution in [-0.4, -0.2) is 51.4 Å². The van der Waals surface area contributed by atoms with Crippen molar-refractivity contribution >= 4 is 23.4 Å². The number of benzene rings is 2. The second kappa shape index (κ2) is 10.8. The van der Waals surface area contributed by atoms with E-state index in [1.807, 2.05) is 20.8 Å². The van der Waals surface area contributed by atoms with E-state index in [1.165, 1.54) is 12.4 Å². The number of carbonyl (C=O) groups is 1. The van der Waals surface area contributed by atoms with E-state index in [0.717, 1.165) is 0 Å². The van der Waals surface area contributed by atoms with Gasteiger partial charge in [-0.25, -0.2) is 19.2 Å². The zero-order valence-electron chi connectivity index (χ0n) is 21.1. The van der Waals surface area contributed by atoms with Crippen LogP contribution < -0.4 is 15.8 Å². The summed E-state index contributed by atoms with van der Waals surface area (Å²) in [7, 11) is 0. The molecule has 9 nitrogen and oxygen atoms in total. The van der Waals surface area contributed by atoms with Crippen molar-refractivity contribution in [1.82, 2.24) is 14.9 Å². The largest absolute Gasteiger partial charge is 0.454 e. The van der Waals surface area contributed by atoms with E-state index in [9.17, 15) is 9.18 Å². The lowest BCUT2D eigenvalue weighted by molar-refractivity contribution is 0.0210. The Hall–Kier alpha value is -4.21. The van der Waals surface area contributed by atoms with Gasteiger partial charge in [0, 0.05) is 24.7 Å². The van der Waals surface area contributed by atoms with Crippen molar-refractivity contribution in [2.24, 2.45) is 0 Å². The molecular formula is C27H31FN6O3. The monoisotopic (exact) mass is 506 g/mol. The molecule has 0 atom stereocenters. The Morgan fingerprint density at radius 1 is 1.11 bits per heavy atom. The van der Waals surface area contributed by atoms with Gasteiger partial charge >= 0.3 is 6.09 Å². The lowest BCUT2D eigenvalue weighted by atomic mass is 10.0. The lowest BCUT2D eigenvalue weighted by Gasteiger charge is -2.34. The Morgan fingerprint density at radius 3 is 2.43 bits per heavy atom. The molecule has 0 saturated carbocycles. The summed E-state index contributed by atoms with van der Waals surface area (Å²) in [6, 6.07) is 12.9. The van der Waals surface area contributed by atoms with Gasteiger partial charge in [-0.05, 0) is 70.0 Å². The minimum Gasteiger partial charge on any atom is -0.454 e. The van der Waals surface area contributed by atoms with Gasteiger partial charge in [0.25, 0.3) is 0 Å². The number of hydrogen-bond acceptors (Lipinski definition) is 8. The van der Waals surface area contributed by atoms with Gasteiger partial charge in [-0.2, -0.15) is 0 Å². The van der Waals surface area contributed by atoms with Gasteiger partial charge in [0.15, 0.2) is 11.6 Å². The van der Waals surface area contributed by atoms with Gasteiger partial charge in [-0.15, -0.1) is 0 Å². The molecule has 2 aromatic carbocycles. The maximum atomic E-state index is 13.9. The van der Waals surface area contributed by atoms with Crippen molar-refractivity contribution in [2.45, 2.75) is 45.3 Å².